The fourth-order valence-corrected chi connectivity index (χ4v) is 2.82. The maximum atomic E-state index is 12.0. The molecule has 8 nitrogen and oxygen atoms in total. The van der Waals surface area contributed by atoms with Crippen LogP contribution in [-0.4, -0.2) is 80.0 Å². The molecule has 0 bridgehead atoms. The number of aliphatic hydroxyl groups excluding tert-OH is 1. The Morgan fingerprint density at radius 1 is 1.28 bits per heavy atom. The summed E-state index contributed by atoms with van der Waals surface area (Å²) in [5.74, 6) is -0.0376. The quantitative estimate of drug-likeness (QED) is 0.437. The van der Waals surface area contributed by atoms with Crippen molar-refractivity contribution in [2.75, 3.05) is 33.8 Å². The van der Waals surface area contributed by atoms with Crippen LogP contribution < -0.4 is 16.0 Å². The summed E-state index contributed by atoms with van der Waals surface area (Å²) in [6.07, 6.45) is 1.82. The van der Waals surface area contributed by atoms with E-state index in [1.54, 1.807) is 0 Å². The lowest BCUT2D eigenvalue weighted by atomic mass is 9.97. The third-order valence-electron chi connectivity index (χ3n) is 4.05. The fraction of sp³-hybridized carbons (Fsp3) is 0.882. The maximum absolute atomic E-state index is 12.0. The normalized spacial score (nSPS) is 23.6. The predicted molar refractivity (Wildman–Crippen MR) is 96.4 cm³/mol. The van der Waals surface area contributed by atoms with E-state index in [1.165, 1.54) is 0 Å². The minimum Gasteiger partial charge on any atom is -0.394 e. The van der Waals surface area contributed by atoms with Crippen LogP contribution in [0.4, 0.5) is 4.79 Å². The molecule has 1 aliphatic rings. The lowest BCUT2D eigenvalue weighted by Crippen LogP contribution is -2.54. The van der Waals surface area contributed by atoms with Gasteiger partial charge in [0, 0.05) is 12.6 Å². The highest BCUT2D eigenvalue weighted by atomic mass is 16.5. The molecule has 1 heterocycles. The largest absolute Gasteiger partial charge is 0.394 e. The molecule has 3 atom stereocenters. The number of hydrogen-bond acceptors (Lipinski definition) is 5. The van der Waals surface area contributed by atoms with Crippen molar-refractivity contribution in [2.45, 2.75) is 63.8 Å². The average molecular weight is 358 g/mol. The van der Waals surface area contributed by atoms with E-state index in [9.17, 15) is 14.7 Å². The van der Waals surface area contributed by atoms with Gasteiger partial charge >= 0.3 is 6.03 Å². The molecule has 0 unspecified atom stereocenters. The van der Waals surface area contributed by atoms with E-state index in [4.69, 9.17) is 4.74 Å². The monoisotopic (exact) mass is 358 g/mol. The number of ether oxygens (including phenoxy) is 1. The van der Waals surface area contributed by atoms with Gasteiger partial charge in [-0.15, -0.1) is 0 Å². The highest BCUT2D eigenvalue weighted by Crippen LogP contribution is 2.21. The summed E-state index contributed by atoms with van der Waals surface area (Å²) in [7, 11) is 4.00. The second-order valence-corrected chi connectivity index (χ2v) is 7.15. The van der Waals surface area contributed by atoms with Gasteiger partial charge in [0.25, 0.3) is 0 Å². The number of amides is 3. The Balaban J connectivity index is 2.34. The summed E-state index contributed by atoms with van der Waals surface area (Å²) in [6, 6.07) is -0.469. The first kappa shape index (κ1) is 21.7. The minimum atomic E-state index is -0.488. The van der Waals surface area contributed by atoms with Gasteiger partial charge in [-0.2, -0.15) is 0 Å². The third kappa shape index (κ3) is 9.04. The van der Waals surface area contributed by atoms with Gasteiger partial charge in [-0.05, 0) is 53.8 Å². The van der Waals surface area contributed by atoms with Gasteiger partial charge in [-0.1, -0.05) is 0 Å². The third-order valence-corrected chi connectivity index (χ3v) is 4.05. The number of hydrogen-bond donors (Lipinski definition) is 4. The topological polar surface area (TPSA) is 103 Å². The van der Waals surface area contributed by atoms with E-state index in [0.717, 1.165) is 13.0 Å². The SMILES string of the molecule is CC(C)NC(=O)N[C@@H]1CC[C@H](CC(=O)NCCCN(C)C)O[C@@H]1CO. The van der Waals surface area contributed by atoms with Crippen LogP contribution in [0.3, 0.4) is 0 Å². The van der Waals surface area contributed by atoms with E-state index in [1.807, 2.05) is 27.9 Å². The maximum Gasteiger partial charge on any atom is 0.315 e. The van der Waals surface area contributed by atoms with Gasteiger partial charge < -0.3 is 30.7 Å². The van der Waals surface area contributed by atoms with Crippen LogP contribution in [0.2, 0.25) is 0 Å². The van der Waals surface area contributed by atoms with Crippen LogP contribution in [-0.2, 0) is 9.53 Å². The standard InChI is InChI=1S/C17H34N4O4/c1-12(2)19-17(24)20-14-7-6-13(25-15(14)11-22)10-16(23)18-8-5-9-21(3)4/h12-15,22H,5-11H2,1-4H3,(H,18,23)(H2,19,20,24)/t13-,14-,15-/m1/s1. The van der Waals surface area contributed by atoms with Crippen molar-refractivity contribution in [1.82, 2.24) is 20.9 Å². The second-order valence-electron chi connectivity index (χ2n) is 7.15. The predicted octanol–water partition coefficient (Wildman–Crippen LogP) is 0.0605. The Hall–Kier alpha value is -1.38. The first-order valence-electron chi connectivity index (χ1n) is 9.06. The first-order chi connectivity index (χ1) is 11.8. The number of rotatable bonds is 9. The van der Waals surface area contributed by atoms with Crippen LogP contribution in [0, 0.1) is 0 Å². The van der Waals surface area contributed by atoms with Gasteiger partial charge in [-0.3, -0.25) is 4.79 Å². The molecule has 3 amide bonds. The Labute approximate surface area is 150 Å². The molecule has 0 aromatic carbocycles. The Bertz CT molecular complexity index is 417. The van der Waals surface area contributed by atoms with E-state index in [-0.39, 0.29) is 43.2 Å². The van der Waals surface area contributed by atoms with Gasteiger partial charge in [-0.25, -0.2) is 4.79 Å². The Morgan fingerprint density at radius 2 is 2.00 bits per heavy atom. The number of carbonyl (C=O) groups is 2. The molecule has 8 heteroatoms. The van der Waals surface area contributed by atoms with Gasteiger partial charge in [0.1, 0.15) is 6.10 Å². The summed E-state index contributed by atoms with van der Waals surface area (Å²) in [6.45, 7) is 5.15. The van der Waals surface area contributed by atoms with Gasteiger partial charge in [0.15, 0.2) is 0 Å². The van der Waals surface area contributed by atoms with Gasteiger partial charge in [0.2, 0.25) is 5.91 Å². The highest BCUT2D eigenvalue weighted by molar-refractivity contribution is 5.76. The number of aliphatic hydroxyl groups is 1. The van der Waals surface area contributed by atoms with Crippen molar-refractivity contribution in [3.63, 3.8) is 0 Å². The zero-order chi connectivity index (χ0) is 18.8. The highest BCUT2D eigenvalue weighted by Gasteiger charge is 2.32. The van der Waals surface area contributed by atoms with Crippen LogP contribution in [0.5, 0.6) is 0 Å². The van der Waals surface area contributed by atoms with E-state index < -0.39 is 6.10 Å². The Morgan fingerprint density at radius 3 is 2.60 bits per heavy atom. The molecule has 146 valence electrons. The average Bonchev–Trinajstić information content (AvgIpc) is 2.52. The Kier molecular flexibility index (Phi) is 9.77. The van der Waals surface area contributed by atoms with Crippen LogP contribution >= 0.6 is 0 Å². The molecule has 0 saturated carbocycles. The molecular formula is C17H34N4O4. The summed E-state index contributed by atoms with van der Waals surface area (Å²) in [5.41, 5.74) is 0. The lowest BCUT2D eigenvalue weighted by molar-refractivity contribution is -0.130. The number of carbonyl (C=O) groups excluding carboxylic acids is 2. The first-order valence-corrected chi connectivity index (χ1v) is 9.06. The lowest BCUT2D eigenvalue weighted by Gasteiger charge is -2.36. The van der Waals surface area contributed by atoms with E-state index in [0.29, 0.717) is 19.4 Å². The molecule has 0 aromatic rings. The molecule has 1 saturated heterocycles. The van der Waals surface area contributed by atoms with Crippen LogP contribution in [0.25, 0.3) is 0 Å². The molecule has 1 aliphatic heterocycles. The van der Waals surface area contributed by atoms with Crippen molar-refractivity contribution in [3.05, 3.63) is 0 Å². The zero-order valence-corrected chi connectivity index (χ0v) is 15.9. The number of nitrogens with one attached hydrogen (secondary N) is 3. The van der Waals surface area contributed by atoms with Crippen molar-refractivity contribution in [2.24, 2.45) is 0 Å². The summed E-state index contributed by atoms with van der Waals surface area (Å²) in [5, 5.41) is 18.0. The molecule has 0 aromatic heterocycles. The summed E-state index contributed by atoms with van der Waals surface area (Å²) >= 11 is 0. The fourth-order valence-electron chi connectivity index (χ4n) is 2.82. The molecular weight excluding hydrogens is 324 g/mol. The van der Waals surface area contributed by atoms with Crippen molar-refractivity contribution in [1.29, 1.82) is 0 Å². The van der Waals surface area contributed by atoms with Crippen molar-refractivity contribution < 1.29 is 19.4 Å². The molecule has 1 rings (SSSR count). The molecule has 1 fully saturated rings. The number of urea groups is 1. The summed E-state index contributed by atoms with van der Waals surface area (Å²) < 4.78 is 5.81. The molecule has 4 N–H and O–H groups in total. The van der Waals surface area contributed by atoms with Gasteiger partial charge in [0.05, 0.1) is 25.2 Å². The summed E-state index contributed by atoms with van der Waals surface area (Å²) in [4.78, 5) is 25.9. The molecule has 0 aliphatic carbocycles. The van der Waals surface area contributed by atoms with E-state index >= 15 is 0 Å². The molecule has 0 radical (unpaired) electrons. The second kappa shape index (κ2) is 11.3. The molecule has 25 heavy (non-hydrogen) atoms. The minimum absolute atomic E-state index is 0.0376. The van der Waals surface area contributed by atoms with Crippen molar-refractivity contribution in [3.8, 4) is 0 Å². The van der Waals surface area contributed by atoms with Crippen LogP contribution in [0.15, 0.2) is 0 Å². The van der Waals surface area contributed by atoms with E-state index in [2.05, 4.69) is 20.9 Å². The smallest absolute Gasteiger partial charge is 0.315 e. The molecule has 0 spiro atoms. The zero-order valence-electron chi connectivity index (χ0n) is 15.9. The number of nitrogens with zero attached hydrogens (tertiary/aromatic N) is 1. The van der Waals surface area contributed by atoms with Crippen molar-refractivity contribution >= 4 is 11.9 Å². The van der Waals surface area contributed by atoms with Crippen LogP contribution in [0.1, 0.15) is 39.5 Å².